The third-order valence-corrected chi connectivity index (χ3v) is 4.53. The number of methoxy groups -OCH3 is 1. The fourth-order valence-corrected chi connectivity index (χ4v) is 3.25. The number of anilines is 1. The number of benzene rings is 2. The summed E-state index contributed by atoms with van der Waals surface area (Å²) in [7, 11) is 1.33. The van der Waals surface area contributed by atoms with Crippen LogP contribution >= 0.6 is 11.8 Å². The monoisotopic (exact) mass is 325 g/mol. The fourth-order valence-electron chi connectivity index (χ4n) is 2.32. The first-order valence-corrected chi connectivity index (χ1v) is 7.88. The van der Waals surface area contributed by atoms with Gasteiger partial charge in [0.1, 0.15) is 0 Å². The molecule has 0 fully saturated rings. The molecule has 0 aliphatic carbocycles. The highest BCUT2D eigenvalue weighted by atomic mass is 32.2. The van der Waals surface area contributed by atoms with Gasteiger partial charge in [0.2, 0.25) is 0 Å². The van der Waals surface area contributed by atoms with Crippen molar-refractivity contribution in [1.82, 2.24) is 0 Å². The van der Waals surface area contributed by atoms with Gasteiger partial charge in [-0.2, -0.15) is 0 Å². The van der Waals surface area contributed by atoms with Gasteiger partial charge in [0.05, 0.1) is 23.3 Å². The zero-order valence-corrected chi connectivity index (χ0v) is 13.6. The maximum atomic E-state index is 12.3. The van der Waals surface area contributed by atoms with Crippen molar-refractivity contribution >= 4 is 35.4 Å². The minimum atomic E-state index is -0.423. The predicted octanol–water partition coefficient (Wildman–Crippen LogP) is 3.87. The molecule has 2 aromatic rings. The van der Waals surface area contributed by atoms with Crippen molar-refractivity contribution in [3.05, 3.63) is 64.1 Å². The molecule has 1 aliphatic heterocycles. The zero-order chi connectivity index (χ0) is 16.4. The molecule has 1 amide bonds. The van der Waals surface area contributed by atoms with Crippen molar-refractivity contribution in [1.29, 1.82) is 0 Å². The first kappa shape index (κ1) is 15.4. The lowest BCUT2D eigenvalue weighted by Gasteiger charge is -2.19. The lowest BCUT2D eigenvalue weighted by molar-refractivity contribution is -0.112. The van der Waals surface area contributed by atoms with Crippen LogP contribution in [-0.2, 0) is 9.53 Å². The SMILES string of the molecule is COC(=O)c1ccc2c(c1)NC(=O)/C(=C\c1cccc(C)c1)S2. The Morgan fingerprint density at radius 3 is 2.78 bits per heavy atom. The van der Waals surface area contributed by atoms with Crippen LogP contribution in [0.15, 0.2) is 52.3 Å². The van der Waals surface area contributed by atoms with E-state index in [1.54, 1.807) is 12.1 Å². The van der Waals surface area contributed by atoms with E-state index in [1.165, 1.54) is 18.9 Å². The summed E-state index contributed by atoms with van der Waals surface area (Å²) in [5, 5.41) is 2.83. The Labute approximate surface area is 138 Å². The number of carbonyl (C=O) groups excluding carboxylic acids is 2. The molecule has 4 nitrogen and oxygen atoms in total. The van der Waals surface area contributed by atoms with Gasteiger partial charge in [-0.1, -0.05) is 41.6 Å². The fraction of sp³-hybridized carbons (Fsp3) is 0.111. The average Bonchev–Trinajstić information content (AvgIpc) is 2.54. The lowest BCUT2D eigenvalue weighted by Crippen LogP contribution is -2.18. The molecule has 2 aromatic carbocycles. The second-order valence-corrected chi connectivity index (χ2v) is 6.27. The third-order valence-electron chi connectivity index (χ3n) is 3.43. The summed E-state index contributed by atoms with van der Waals surface area (Å²) < 4.78 is 4.70. The standard InChI is InChI=1S/C18H15NO3S/c1-11-4-3-5-12(8-11)9-16-17(20)19-14-10-13(18(21)22-2)6-7-15(14)23-16/h3-10H,1-2H3,(H,19,20)/b16-9+. The van der Waals surface area contributed by atoms with Gasteiger partial charge in [-0.05, 0) is 36.8 Å². The molecule has 0 bridgehead atoms. The average molecular weight is 325 g/mol. The number of amides is 1. The van der Waals surface area contributed by atoms with Crippen LogP contribution in [0.4, 0.5) is 5.69 Å². The van der Waals surface area contributed by atoms with E-state index >= 15 is 0 Å². The topological polar surface area (TPSA) is 55.4 Å². The van der Waals surface area contributed by atoms with E-state index in [4.69, 9.17) is 4.74 Å². The van der Waals surface area contributed by atoms with Crippen LogP contribution in [0.1, 0.15) is 21.5 Å². The second-order valence-electron chi connectivity index (χ2n) is 5.18. The van der Waals surface area contributed by atoms with E-state index < -0.39 is 5.97 Å². The minimum absolute atomic E-state index is 0.175. The first-order valence-electron chi connectivity index (χ1n) is 7.07. The van der Waals surface area contributed by atoms with Crippen LogP contribution in [0.2, 0.25) is 0 Å². The predicted molar refractivity (Wildman–Crippen MR) is 91.4 cm³/mol. The Balaban J connectivity index is 1.92. The molecule has 0 spiro atoms. The molecule has 0 saturated carbocycles. The van der Waals surface area contributed by atoms with Gasteiger partial charge < -0.3 is 10.1 Å². The number of ether oxygens (including phenoxy) is 1. The molecule has 0 atom stereocenters. The summed E-state index contributed by atoms with van der Waals surface area (Å²) >= 11 is 1.39. The first-order chi connectivity index (χ1) is 11.1. The number of hydrogen-bond donors (Lipinski definition) is 1. The van der Waals surface area contributed by atoms with Crippen LogP contribution in [0.25, 0.3) is 6.08 Å². The summed E-state index contributed by atoms with van der Waals surface area (Å²) in [4.78, 5) is 25.4. The number of hydrogen-bond acceptors (Lipinski definition) is 4. The minimum Gasteiger partial charge on any atom is -0.465 e. The van der Waals surface area contributed by atoms with Gasteiger partial charge in [-0.25, -0.2) is 4.79 Å². The normalized spacial score (nSPS) is 15.0. The van der Waals surface area contributed by atoms with Crippen molar-refractivity contribution in [2.45, 2.75) is 11.8 Å². The number of esters is 1. The quantitative estimate of drug-likeness (QED) is 0.673. The highest BCUT2D eigenvalue weighted by Gasteiger charge is 2.22. The molecule has 23 heavy (non-hydrogen) atoms. The third kappa shape index (κ3) is 3.29. The molecule has 0 unspecified atom stereocenters. The van der Waals surface area contributed by atoms with Crippen molar-refractivity contribution in [3.8, 4) is 0 Å². The Bertz CT molecular complexity index is 827. The van der Waals surface area contributed by atoms with Gasteiger partial charge in [0, 0.05) is 4.90 Å². The number of thioether (sulfide) groups is 1. The number of nitrogens with one attached hydrogen (secondary N) is 1. The maximum absolute atomic E-state index is 12.3. The molecule has 0 aromatic heterocycles. The molecule has 5 heteroatoms. The van der Waals surface area contributed by atoms with E-state index in [-0.39, 0.29) is 5.91 Å². The molecule has 0 radical (unpaired) electrons. The van der Waals surface area contributed by atoms with Crippen LogP contribution in [0, 0.1) is 6.92 Å². The van der Waals surface area contributed by atoms with Crippen LogP contribution in [0.3, 0.4) is 0 Å². The van der Waals surface area contributed by atoms with E-state index in [0.29, 0.717) is 16.2 Å². The summed E-state index contributed by atoms with van der Waals surface area (Å²) in [6.45, 7) is 2.01. The second kappa shape index (κ2) is 6.30. The lowest BCUT2D eigenvalue weighted by atomic mass is 10.1. The van der Waals surface area contributed by atoms with E-state index in [1.807, 2.05) is 43.3 Å². The molecular formula is C18H15NO3S. The molecule has 3 rings (SSSR count). The summed E-state index contributed by atoms with van der Waals surface area (Å²) in [5.74, 6) is -0.598. The molecular weight excluding hydrogens is 310 g/mol. The zero-order valence-electron chi connectivity index (χ0n) is 12.8. The highest BCUT2D eigenvalue weighted by molar-refractivity contribution is 8.04. The van der Waals surface area contributed by atoms with Gasteiger partial charge in [0.15, 0.2) is 0 Å². The molecule has 0 saturated heterocycles. The van der Waals surface area contributed by atoms with Crippen LogP contribution in [0.5, 0.6) is 0 Å². The molecule has 1 heterocycles. The summed E-state index contributed by atoms with van der Waals surface area (Å²) in [6, 6.07) is 13.1. The van der Waals surface area contributed by atoms with Gasteiger partial charge in [0.25, 0.3) is 5.91 Å². The Morgan fingerprint density at radius 1 is 1.22 bits per heavy atom. The highest BCUT2D eigenvalue weighted by Crippen LogP contribution is 2.39. The van der Waals surface area contributed by atoms with Crippen molar-refractivity contribution in [2.24, 2.45) is 0 Å². The van der Waals surface area contributed by atoms with E-state index in [0.717, 1.165) is 16.0 Å². The van der Waals surface area contributed by atoms with Crippen molar-refractivity contribution in [3.63, 3.8) is 0 Å². The van der Waals surface area contributed by atoms with Crippen LogP contribution < -0.4 is 5.32 Å². The smallest absolute Gasteiger partial charge is 0.337 e. The Morgan fingerprint density at radius 2 is 2.04 bits per heavy atom. The summed E-state index contributed by atoms with van der Waals surface area (Å²) in [6.07, 6.45) is 1.87. The maximum Gasteiger partial charge on any atom is 0.337 e. The van der Waals surface area contributed by atoms with Gasteiger partial charge >= 0.3 is 5.97 Å². The number of rotatable bonds is 2. The van der Waals surface area contributed by atoms with Crippen molar-refractivity contribution < 1.29 is 14.3 Å². The van der Waals surface area contributed by atoms with Crippen molar-refractivity contribution in [2.75, 3.05) is 12.4 Å². The number of carbonyl (C=O) groups is 2. The molecule has 116 valence electrons. The van der Waals surface area contributed by atoms with E-state index in [9.17, 15) is 9.59 Å². The number of aryl methyl sites for hydroxylation is 1. The Hall–Kier alpha value is -2.53. The van der Waals surface area contributed by atoms with Gasteiger partial charge in [-0.3, -0.25) is 4.79 Å². The largest absolute Gasteiger partial charge is 0.465 e. The Kier molecular flexibility index (Phi) is 4.21. The number of fused-ring (bicyclic) bond motifs is 1. The molecule has 1 N–H and O–H groups in total. The van der Waals surface area contributed by atoms with Gasteiger partial charge in [-0.15, -0.1) is 0 Å². The van der Waals surface area contributed by atoms with E-state index in [2.05, 4.69) is 5.32 Å². The van der Waals surface area contributed by atoms with Crippen LogP contribution in [-0.4, -0.2) is 19.0 Å². The summed E-state index contributed by atoms with van der Waals surface area (Å²) in [5.41, 5.74) is 3.17. The molecule has 1 aliphatic rings.